The van der Waals surface area contributed by atoms with Crippen molar-refractivity contribution in [1.82, 2.24) is 15.4 Å². The van der Waals surface area contributed by atoms with Gasteiger partial charge in [0.05, 0.1) is 12.4 Å². The van der Waals surface area contributed by atoms with E-state index in [4.69, 9.17) is 4.74 Å². The van der Waals surface area contributed by atoms with E-state index in [1.807, 2.05) is 20.8 Å². The van der Waals surface area contributed by atoms with Gasteiger partial charge in [-0.1, -0.05) is 27.2 Å². The fourth-order valence-electron chi connectivity index (χ4n) is 2.51. The molecule has 8 nitrogen and oxygen atoms in total. The molecule has 0 heterocycles. The van der Waals surface area contributed by atoms with Crippen molar-refractivity contribution in [2.75, 3.05) is 25.4 Å². The van der Waals surface area contributed by atoms with E-state index in [0.717, 1.165) is 6.42 Å². The molecule has 0 aromatic carbocycles. The van der Waals surface area contributed by atoms with Crippen molar-refractivity contribution >= 4 is 22.0 Å². The number of urea groups is 1. The predicted octanol–water partition coefficient (Wildman–Crippen LogP) is 0.737. The molecule has 0 aromatic heterocycles. The van der Waals surface area contributed by atoms with Crippen LogP contribution in [0.5, 0.6) is 0 Å². The minimum atomic E-state index is -3.30. The molecule has 1 fully saturated rings. The summed E-state index contributed by atoms with van der Waals surface area (Å²) in [6.45, 7) is 7.88. The first kappa shape index (κ1) is 20.7. The second-order valence-corrected chi connectivity index (χ2v) is 8.56. The standard InChI is InChI=1S/C15H29N3O5S/c1-5-7-10-24(21,22)17-9-8-16-13(20)18-15(11-14(15,3)4)12(19)23-6-2/h17H,5-11H2,1-4H3,(H2,16,18,20). The number of amides is 2. The molecule has 3 N–H and O–H groups in total. The van der Waals surface area contributed by atoms with E-state index in [9.17, 15) is 18.0 Å². The normalized spacial score (nSPS) is 21.8. The Bertz CT molecular complexity index is 561. The van der Waals surface area contributed by atoms with Gasteiger partial charge in [-0.2, -0.15) is 0 Å². The summed E-state index contributed by atoms with van der Waals surface area (Å²) in [6, 6.07) is -0.513. The van der Waals surface area contributed by atoms with Crippen LogP contribution in [0.25, 0.3) is 0 Å². The van der Waals surface area contributed by atoms with Crippen molar-refractivity contribution in [3.63, 3.8) is 0 Å². The van der Waals surface area contributed by atoms with Crippen LogP contribution in [0.1, 0.15) is 47.0 Å². The third kappa shape index (κ3) is 5.34. The lowest BCUT2D eigenvalue weighted by Crippen LogP contribution is -2.52. The quantitative estimate of drug-likeness (QED) is 0.391. The molecule has 2 amide bonds. The maximum atomic E-state index is 12.1. The Morgan fingerprint density at radius 2 is 1.79 bits per heavy atom. The van der Waals surface area contributed by atoms with Crippen LogP contribution in [0.4, 0.5) is 4.79 Å². The molecule has 1 unspecified atom stereocenters. The predicted molar refractivity (Wildman–Crippen MR) is 91.0 cm³/mol. The topological polar surface area (TPSA) is 114 Å². The van der Waals surface area contributed by atoms with Crippen molar-refractivity contribution in [2.45, 2.75) is 52.5 Å². The Labute approximate surface area is 144 Å². The Morgan fingerprint density at radius 3 is 2.29 bits per heavy atom. The monoisotopic (exact) mass is 363 g/mol. The number of carbonyl (C=O) groups excluding carboxylic acids is 2. The van der Waals surface area contributed by atoms with E-state index in [2.05, 4.69) is 15.4 Å². The summed E-state index contributed by atoms with van der Waals surface area (Å²) in [5.41, 5.74) is -1.37. The van der Waals surface area contributed by atoms with Gasteiger partial charge in [0.2, 0.25) is 10.0 Å². The van der Waals surface area contributed by atoms with Gasteiger partial charge < -0.3 is 15.4 Å². The van der Waals surface area contributed by atoms with E-state index in [0.29, 0.717) is 12.8 Å². The molecule has 9 heteroatoms. The Balaban J connectivity index is 2.40. The maximum Gasteiger partial charge on any atom is 0.332 e. The largest absolute Gasteiger partial charge is 0.464 e. The van der Waals surface area contributed by atoms with Gasteiger partial charge in [0.1, 0.15) is 5.54 Å². The highest BCUT2D eigenvalue weighted by atomic mass is 32.2. The number of nitrogens with one attached hydrogen (secondary N) is 3. The molecule has 24 heavy (non-hydrogen) atoms. The minimum Gasteiger partial charge on any atom is -0.464 e. The molecule has 0 aliphatic heterocycles. The summed E-state index contributed by atoms with van der Waals surface area (Å²) < 4.78 is 30.7. The number of esters is 1. The van der Waals surface area contributed by atoms with Crippen LogP contribution < -0.4 is 15.4 Å². The van der Waals surface area contributed by atoms with Crippen molar-refractivity contribution in [2.24, 2.45) is 5.41 Å². The van der Waals surface area contributed by atoms with Crippen LogP contribution in [0.3, 0.4) is 0 Å². The number of rotatable bonds is 10. The first-order valence-electron chi connectivity index (χ1n) is 8.31. The second-order valence-electron chi connectivity index (χ2n) is 6.63. The number of ether oxygens (including phenoxy) is 1. The second kappa shape index (κ2) is 8.15. The third-order valence-electron chi connectivity index (χ3n) is 4.19. The van der Waals surface area contributed by atoms with Crippen molar-refractivity contribution < 1.29 is 22.7 Å². The van der Waals surface area contributed by atoms with Gasteiger partial charge in [0.25, 0.3) is 0 Å². The zero-order chi connectivity index (χ0) is 18.4. The van der Waals surface area contributed by atoms with Crippen LogP contribution in [-0.2, 0) is 19.6 Å². The summed E-state index contributed by atoms with van der Waals surface area (Å²) in [6.07, 6.45) is 1.91. The Hall–Kier alpha value is -1.35. The highest BCUT2D eigenvalue weighted by molar-refractivity contribution is 7.89. The van der Waals surface area contributed by atoms with E-state index in [1.165, 1.54) is 0 Å². The van der Waals surface area contributed by atoms with Crippen LogP contribution in [-0.4, -0.2) is 51.4 Å². The molecule has 0 saturated heterocycles. The average Bonchev–Trinajstić information content (AvgIpc) is 3.04. The SMILES string of the molecule is CCCCS(=O)(=O)NCCNC(=O)NC1(C(=O)OCC)CC1(C)C. The van der Waals surface area contributed by atoms with E-state index >= 15 is 0 Å². The molecule has 1 atom stereocenters. The number of sulfonamides is 1. The van der Waals surface area contributed by atoms with Crippen LogP contribution in [0.15, 0.2) is 0 Å². The molecule has 0 spiro atoms. The fourth-order valence-corrected chi connectivity index (χ4v) is 3.74. The van der Waals surface area contributed by atoms with Crippen molar-refractivity contribution in [1.29, 1.82) is 0 Å². The highest BCUT2D eigenvalue weighted by Crippen LogP contribution is 2.56. The maximum absolute atomic E-state index is 12.1. The first-order valence-corrected chi connectivity index (χ1v) is 9.96. The average molecular weight is 363 g/mol. The Kier molecular flexibility index (Phi) is 7.03. The number of unbranched alkanes of at least 4 members (excludes halogenated alkanes) is 1. The molecular weight excluding hydrogens is 334 g/mol. The molecule has 1 aliphatic carbocycles. The highest BCUT2D eigenvalue weighted by Gasteiger charge is 2.68. The Morgan fingerprint density at radius 1 is 1.17 bits per heavy atom. The summed E-state index contributed by atoms with van der Waals surface area (Å²) in [5, 5.41) is 5.23. The van der Waals surface area contributed by atoms with Gasteiger partial charge in [-0.25, -0.2) is 22.7 Å². The van der Waals surface area contributed by atoms with E-state index in [1.54, 1.807) is 6.92 Å². The van der Waals surface area contributed by atoms with Crippen LogP contribution in [0, 0.1) is 5.41 Å². The van der Waals surface area contributed by atoms with Gasteiger partial charge in [0, 0.05) is 18.5 Å². The lowest BCUT2D eigenvalue weighted by atomic mass is 10.1. The zero-order valence-electron chi connectivity index (χ0n) is 14.9. The molecule has 0 aromatic rings. The lowest BCUT2D eigenvalue weighted by Gasteiger charge is -2.20. The fraction of sp³-hybridized carbons (Fsp3) is 0.867. The van der Waals surface area contributed by atoms with E-state index in [-0.39, 0.29) is 30.9 Å². The third-order valence-corrected chi connectivity index (χ3v) is 5.66. The van der Waals surface area contributed by atoms with Crippen molar-refractivity contribution in [3.8, 4) is 0 Å². The molecule has 0 radical (unpaired) electrons. The molecule has 0 bridgehead atoms. The first-order chi connectivity index (χ1) is 11.1. The minimum absolute atomic E-state index is 0.0792. The van der Waals surface area contributed by atoms with Crippen LogP contribution >= 0.6 is 0 Å². The number of hydrogen-bond acceptors (Lipinski definition) is 5. The zero-order valence-corrected chi connectivity index (χ0v) is 15.7. The summed E-state index contributed by atoms with van der Waals surface area (Å²) >= 11 is 0. The van der Waals surface area contributed by atoms with Gasteiger partial charge in [0.15, 0.2) is 0 Å². The number of hydrogen-bond donors (Lipinski definition) is 3. The molecule has 1 rings (SSSR count). The summed E-state index contributed by atoms with van der Waals surface area (Å²) in [7, 11) is -3.30. The van der Waals surface area contributed by atoms with Crippen molar-refractivity contribution in [3.05, 3.63) is 0 Å². The van der Waals surface area contributed by atoms with Gasteiger partial charge in [-0.05, 0) is 19.8 Å². The van der Waals surface area contributed by atoms with Gasteiger partial charge in [-0.3, -0.25) is 0 Å². The summed E-state index contributed by atoms with van der Waals surface area (Å²) in [5.74, 6) is -0.360. The van der Waals surface area contributed by atoms with Gasteiger partial charge >= 0.3 is 12.0 Å². The van der Waals surface area contributed by atoms with E-state index < -0.39 is 27.6 Å². The molecular formula is C15H29N3O5S. The number of carbonyl (C=O) groups is 2. The van der Waals surface area contributed by atoms with Crippen LogP contribution in [0.2, 0.25) is 0 Å². The molecule has 1 aliphatic rings. The summed E-state index contributed by atoms with van der Waals surface area (Å²) in [4.78, 5) is 24.1. The molecule has 140 valence electrons. The molecule has 1 saturated carbocycles. The smallest absolute Gasteiger partial charge is 0.332 e. The lowest BCUT2D eigenvalue weighted by molar-refractivity contribution is -0.147. The van der Waals surface area contributed by atoms with Gasteiger partial charge in [-0.15, -0.1) is 0 Å².